The molecule has 1 aliphatic rings. The highest BCUT2D eigenvalue weighted by atomic mass is 32.2. The summed E-state index contributed by atoms with van der Waals surface area (Å²) < 4.78 is 51.1. The third-order valence-electron chi connectivity index (χ3n) is 4.19. The van der Waals surface area contributed by atoms with Crippen LogP contribution in [0.15, 0.2) is 17.0 Å². The number of hydrogen-bond acceptors (Lipinski definition) is 3. The molecular weight excluding hydrogens is 284 g/mol. The van der Waals surface area contributed by atoms with Gasteiger partial charge in [0.2, 0.25) is 0 Å². The van der Waals surface area contributed by atoms with Crippen LogP contribution in [0.1, 0.15) is 37.7 Å². The maximum absolute atomic E-state index is 14.3. The summed E-state index contributed by atoms with van der Waals surface area (Å²) in [5.74, 6) is -1.58. The van der Waals surface area contributed by atoms with Gasteiger partial charge in [0, 0.05) is 18.2 Å². The minimum absolute atomic E-state index is 0.213. The van der Waals surface area contributed by atoms with Gasteiger partial charge in [0.05, 0.1) is 0 Å². The number of benzene rings is 1. The minimum atomic E-state index is -3.78. The van der Waals surface area contributed by atoms with Gasteiger partial charge < -0.3 is 5.73 Å². The normalized spacial score (nSPS) is 19.0. The number of sulfone groups is 1. The molecule has 0 heterocycles. The van der Waals surface area contributed by atoms with Crippen molar-refractivity contribution in [2.24, 2.45) is 5.73 Å². The molecule has 0 amide bonds. The molecule has 0 aromatic heterocycles. The van der Waals surface area contributed by atoms with Crippen LogP contribution in [0.4, 0.5) is 8.78 Å². The molecule has 1 aromatic carbocycles. The summed E-state index contributed by atoms with van der Waals surface area (Å²) in [7, 11) is -3.78. The molecule has 1 fully saturated rings. The Morgan fingerprint density at radius 2 is 1.75 bits per heavy atom. The van der Waals surface area contributed by atoms with Gasteiger partial charge in [0.1, 0.15) is 16.5 Å². The first-order valence-corrected chi connectivity index (χ1v) is 8.59. The Morgan fingerprint density at radius 3 is 2.25 bits per heavy atom. The molecule has 0 unspecified atom stereocenters. The van der Waals surface area contributed by atoms with Crippen LogP contribution in [0.25, 0.3) is 0 Å². The predicted molar refractivity (Wildman–Crippen MR) is 73.3 cm³/mol. The van der Waals surface area contributed by atoms with Gasteiger partial charge >= 0.3 is 0 Å². The summed E-state index contributed by atoms with van der Waals surface area (Å²) in [5, 5.41) is 0. The zero-order valence-corrected chi connectivity index (χ0v) is 12.3. The highest BCUT2D eigenvalue weighted by Crippen LogP contribution is 2.40. The first kappa shape index (κ1) is 15.4. The second-order valence-electron chi connectivity index (χ2n) is 5.58. The van der Waals surface area contributed by atoms with Crippen molar-refractivity contribution in [2.75, 3.05) is 12.8 Å². The Bertz CT molecular complexity index is 608. The first-order valence-electron chi connectivity index (χ1n) is 6.70. The van der Waals surface area contributed by atoms with Crippen LogP contribution in [-0.4, -0.2) is 21.2 Å². The molecule has 112 valence electrons. The zero-order chi connectivity index (χ0) is 15.0. The topological polar surface area (TPSA) is 60.2 Å². The average molecular weight is 303 g/mol. The Labute approximate surface area is 118 Å². The number of halogens is 2. The lowest BCUT2D eigenvalue weighted by atomic mass is 9.69. The maximum Gasteiger partial charge on any atom is 0.178 e. The van der Waals surface area contributed by atoms with Crippen LogP contribution in [0.5, 0.6) is 0 Å². The lowest BCUT2D eigenvalue weighted by molar-refractivity contribution is 0.290. The summed E-state index contributed by atoms with van der Waals surface area (Å²) in [6.45, 7) is 0.238. The fourth-order valence-corrected chi connectivity index (χ4v) is 3.76. The summed E-state index contributed by atoms with van der Waals surface area (Å²) in [6, 6.07) is 1.80. The molecule has 20 heavy (non-hydrogen) atoms. The van der Waals surface area contributed by atoms with Crippen molar-refractivity contribution in [3.63, 3.8) is 0 Å². The molecule has 0 radical (unpaired) electrons. The average Bonchev–Trinajstić information content (AvgIpc) is 2.40. The molecule has 1 saturated carbocycles. The highest BCUT2D eigenvalue weighted by Gasteiger charge is 2.36. The van der Waals surface area contributed by atoms with E-state index in [1.807, 2.05) is 0 Å². The van der Waals surface area contributed by atoms with Crippen LogP contribution >= 0.6 is 0 Å². The number of hydrogen-bond donors (Lipinski definition) is 1. The Balaban J connectivity index is 2.55. The van der Waals surface area contributed by atoms with Crippen LogP contribution in [0.2, 0.25) is 0 Å². The molecule has 2 N–H and O–H groups in total. The third-order valence-corrected chi connectivity index (χ3v) is 5.31. The smallest absolute Gasteiger partial charge is 0.178 e. The molecule has 6 heteroatoms. The lowest BCUT2D eigenvalue weighted by Gasteiger charge is -2.37. The van der Waals surface area contributed by atoms with Gasteiger partial charge in [-0.05, 0) is 30.5 Å². The van der Waals surface area contributed by atoms with Crippen molar-refractivity contribution in [1.29, 1.82) is 0 Å². The summed E-state index contributed by atoms with van der Waals surface area (Å²) in [4.78, 5) is -0.596. The van der Waals surface area contributed by atoms with Crippen molar-refractivity contribution in [3.8, 4) is 0 Å². The van der Waals surface area contributed by atoms with Crippen LogP contribution in [0, 0.1) is 11.6 Å². The van der Waals surface area contributed by atoms with Gasteiger partial charge in [-0.15, -0.1) is 0 Å². The van der Waals surface area contributed by atoms with Gasteiger partial charge in [-0.25, -0.2) is 17.2 Å². The number of nitrogens with two attached hydrogens (primary N) is 1. The molecule has 3 nitrogen and oxygen atoms in total. The van der Waals surface area contributed by atoms with Gasteiger partial charge in [-0.1, -0.05) is 19.3 Å². The van der Waals surface area contributed by atoms with Crippen molar-refractivity contribution in [1.82, 2.24) is 0 Å². The third kappa shape index (κ3) is 2.72. The summed E-state index contributed by atoms with van der Waals surface area (Å²) >= 11 is 0. The van der Waals surface area contributed by atoms with E-state index in [4.69, 9.17) is 5.73 Å². The molecule has 0 bridgehead atoms. The van der Waals surface area contributed by atoms with Crippen molar-refractivity contribution in [2.45, 2.75) is 42.4 Å². The highest BCUT2D eigenvalue weighted by molar-refractivity contribution is 7.90. The van der Waals surface area contributed by atoms with E-state index in [9.17, 15) is 17.2 Å². The van der Waals surface area contributed by atoms with E-state index < -0.39 is 31.8 Å². The van der Waals surface area contributed by atoms with Gasteiger partial charge in [0.15, 0.2) is 9.84 Å². The predicted octanol–water partition coefficient (Wildman–Crippen LogP) is 2.53. The molecule has 0 atom stereocenters. The van der Waals surface area contributed by atoms with Crippen molar-refractivity contribution < 1.29 is 17.2 Å². The largest absolute Gasteiger partial charge is 0.330 e. The maximum atomic E-state index is 14.3. The minimum Gasteiger partial charge on any atom is -0.330 e. The van der Waals surface area contributed by atoms with E-state index >= 15 is 0 Å². The number of rotatable bonds is 3. The second kappa shape index (κ2) is 5.41. The van der Waals surface area contributed by atoms with Crippen LogP contribution < -0.4 is 5.73 Å². The van der Waals surface area contributed by atoms with E-state index in [2.05, 4.69) is 0 Å². The monoisotopic (exact) mass is 303 g/mol. The van der Waals surface area contributed by atoms with Crippen molar-refractivity contribution in [3.05, 3.63) is 29.3 Å². The van der Waals surface area contributed by atoms with E-state index in [1.165, 1.54) is 0 Å². The molecule has 1 aromatic rings. The van der Waals surface area contributed by atoms with Gasteiger partial charge in [0.25, 0.3) is 0 Å². The van der Waals surface area contributed by atoms with E-state index in [0.717, 1.165) is 37.7 Å². The van der Waals surface area contributed by atoms with Crippen LogP contribution in [0.3, 0.4) is 0 Å². The first-order chi connectivity index (χ1) is 9.30. The Morgan fingerprint density at radius 1 is 1.15 bits per heavy atom. The fourth-order valence-electron chi connectivity index (χ4n) is 3.03. The Kier molecular flexibility index (Phi) is 4.16. The summed E-state index contributed by atoms with van der Waals surface area (Å²) in [5.41, 5.74) is 5.45. The Hall–Kier alpha value is -1.01. The zero-order valence-electron chi connectivity index (χ0n) is 11.5. The second-order valence-corrected chi connectivity index (χ2v) is 7.56. The van der Waals surface area contributed by atoms with E-state index in [-0.39, 0.29) is 12.1 Å². The van der Waals surface area contributed by atoms with Crippen molar-refractivity contribution >= 4 is 9.84 Å². The molecule has 1 aliphatic carbocycles. The van der Waals surface area contributed by atoms with E-state index in [1.54, 1.807) is 0 Å². The molecule has 0 spiro atoms. The molecule has 2 rings (SSSR count). The molecular formula is C14H19F2NO2S. The molecule has 0 saturated heterocycles. The standard InChI is InChI=1S/C14H19F2NO2S/c1-20(18,19)13-8-11(15)10(7-12(13)16)14(9-17)5-3-2-4-6-14/h7-8H,2-6,9,17H2,1H3. The SMILES string of the molecule is CS(=O)(=O)c1cc(F)c(C2(CN)CCCCC2)cc1F. The quantitative estimate of drug-likeness (QED) is 0.933. The van der Waals surface area contributed by atoms with Gasteiger partial charge in [-0.3, -0.25) is 0 Å². The molecule has 0 aliphatic heterocycles. The van der Waals surface area contributed by atoms with Gasteiger partial charge in [-0.2, -0.15) is 0 Å². The van der Waals surface area contributed by atoms with E-state index in [0.29, 0.717) is 12.8 Å². The summed E-state index contributed by atoms with van der Waals surface area (Å²) in [6.07, 6.45) is 5.19. The fraction of sp³-hybridized carbons (Fsp3) is 0.571. The van der Waals surface area contributed by atoms with Crippen LogP contribution in [-0.2, 0) is 15.3 Å². The lowest BCUT2D eigenvalue weighted by Crippen LogP contribution is -2.38.